The van der Waals surface area contributed by atoms with Gasteiger partial charge in [-0.2, -0.15) is 0 Å². The maximum atomic E-state index is 13.8. The minimum atomic E-state index is -0.0631. The first kappa shape index (κ1) is 27.0. The Morgan fingerprint density at radius 2 is 1.92 bits per heavy atom. The zero-order chi connectivity index (χ0) is 26.3. The number of aryl methyl sites for hydroxylation is 1. The molecule has 8 nitrogen and oxygen atoms in total. The molecular formula is C30H45N5O3. The van der Waals surface area contributed by atoms with Crippen molar-refractivity contribution in [1.29, 1.82) is 0 Å². The highest BCUT2D eigenvalue weighted by Crippen LogP contribution is 2.33. The van der Waals surface area contributed by atoms with Crippen molar-refractivity contribution in [3.63, 3.8) is 0 Å². The van der Waals surface area contributed by atoms with Gasteiger partial charge in [-0.05, 0) is 62.6 Å². The number of nitrogens with zero attached hydrogens (tertiary/aromatic N) is 2. The molecule has 2 heterocycles. The van der Waals surface area contributed by atoms with E-state index in [1.807, 2.05) is 0 Å². The fourth-order valence-corrected chi connectivity index (χ4v) is 6.30. The number of nitrogens with one attached hydrogen (secondary N) is 3. The van der Waals surface area contributed by atoms with Gasteiger partial charge in [-0.3, -0.25) is 4.79 Å². The van der Waals surface area contributed by atoms with Crippen molar-refractivity contribution in [2.24, 2.45) is 11.8 Å². The third-order valence-electron chi connectivity index (χ3n) is 8.51. The second-order valence-corrected chi connectivity index (χ2v) is 11.6. The van der Waals surface area contributed by atoms with E-state index in [2.05, 4.69) is 55.9 Å². The Hall–Kier alpha value is -2.58. The van der Waals surface area contributed by atoms with Crippen LogP contribution >= 0.6 is 0 Å². The van der Waals surface area contributed by atoms with Crippen molar-refractivity contribution in [2.45, 2.75) is 83.0 Å². The molecule has 1 aliphatic heterocycles. The summed E-state index contributed by atoms with van der Waals surface area (Å²) in [5, 5.41) is 10.9. The van der Waals surface area contributed by atoms with E-state index in [9.17, 15) is 9.59 Å². The topological polar surface area (TPSA) is 87.6 Å². The van der Waals surface area contributed by atoms with Crippen LogP contribution in [0.15, 0.2) is 30.5 Å². The van der Waals surface area contributed by atoms with Gasteiger partial charge in [0.25, 0.3) is 0 Å². The number of carbonyl (C=O) groups excluding carboxylic acids is 2. The van der Waals surface area contributed by atoms with E-state index in [-0.39, 0.29) is 23.8 Å². The summed E-state index contributed by atoms with van der Waals surface area (Å²) in [6.07, 6.45) is 12.0. The van der Waals surface area contributed by atoms with Gasteiger partial charge >= 0.3 is 6.03 Å². The monoisotopic (exact) mass is 523 g/mol. The number of para-hydroxylation sites is 1. The lowest BCUT2D eigenvalue weighted by Gasteiger charge is -2.33. The van der Waals surface area contributed by atoms with E-state index in [4.69, 9.17) is 4.74 Å². The van der Waals surface area contributed by atoms with Gasteiger partial charge < -0.3 is 30.2 Å². The first-order chi connectivity index (χ1) is 18.6. The van der Waals surface area contributed by atoms with Gasteiger partial charge in [0.15, 0.2) is 0 Å². The quantitative estimate of drug-likeness (QED) is 0.388. The molecule has 1 aromatic heterocycles. The van der Waals surface area contributed by atoms with Gasteiger partial charge in [-0.15, -0.1) is 0 Å². The van der Waals surface area contributed by atoms with Gasteiger partial charge in [0.05, 0.1) is 5.92 Å². The van der Waals surface area contributed by atoms with Crippen LogP contribution in [0.2, 0.25) is 0 Å². The first-order valence-corrected chi connectivity index (χ1v) is 14.7. The van der Waals surface area contributed by atoms with Gasteiger partial charge in [0.1, 0.15) is 0 Å². The van der Waals surface area contributed by atoms with Crippen molar-refractivity contribution in [2.75, 3.05) is 33.4 Å². The van der Waals surface area contributed by atoms with Crippen LogP contribution in [0.25, 0.3) is 10.9 Å². The largest absolute Gasteiger partial charge is 0.385 e. The van der Waals surface area contributed by atoms with Crippen molar-refractivity contribution in [3.05, 3.63) is 36.0 Å². The average molecular weight is 524 g/mol. The second-order valence-electron chi connectivity index (χ2n) is 11.6. The number of benzene rings is 1. The number of fused-ring (bicyclic) bond motifs is 1. The molecule has 3 amide bonds. The molecule has 2 aromatic rings. The van der Waals surface area contributed by atoms with Gasteiger partial charge in [0, 0.05) is 69.1 Å². The number of amides is 3. The van der Waals surface area contributed by atoms with Crippen LogP contribution in [0.4, 0.5) is 4.79 Å². The molecular weight excluding hydrogens is 478 g/mol. The molecule has 0 spiro atoms. The molecule has 3 aliphatic rings. The summed E-state index contributed by atoms with van der Waals surface area (Å²) in [4.78, 5) is 28.4. The first-order valence-electron chi connectivity index (χ1n) is 14.7. The minimum absolute atomic E-state index is 0.0485. The molecule has 2 saturated carbocycles. The van der Waals surface area contributed by atoms with Crippen LogP contribution in [-0.2, 0) is 22.6 Å². The molecule has 1 unspecified atom stereocenters. The lowest BCUT2D eigenvalue weighted by atomic mass is 9.89. The number of rotatable bonds is 11. The molecule has 38 heavy (non-hydrogen) atoms. The molecule has 3 fully saturated rings. The predicted molar refractivity (Wildman–Crippen MR) is 150 cm³/mol. The Labute approximate surface area is 226 Å². The molecule has 208 valence electrons. The van der Waals surface area contributed by atoms with Crippen molar-refractivity contribution in [3.8, 4) is 0 Å². The van der Waals surface area contributed by atoms with Crippen LogP contribution < -0.4 is 16.0 Å². The van der Waals surface area contributed by atoms with Crippen LogP contribution in [0, 0.1) is 11.8 Å². The fraction of sp³-hybridized carbons (Fsp3) is 0.667. The van der Waals surface area contributed by atoms with Crippen molar-refractivity contribution < 1.29 is 14.3 Å². The average Bonchev–Trinajstić information content (AvgIpc) is 3.73. The molecule has 2 aliphatic carbocycles. The van der Waals surface area contributed by atoms with Crippen LogP contribution in [0.3, 0.4) is 0 Å². The number of urea groups is 1. The summed E-state index contributed by atoms with van der Waals surface area (Å²) in [6, 6.07) is 9.10. The molecule has 8 heteroatoms. The molecule has 3 N–H and O–H groups in total. The van der Waals surface area contributed by atoms with Gasteiger partial charge in [-0.1, -0.05) is 37.5 Å². The molecule has 2 atom stereocenters. The number of piperidine rings is 1. The lowest BCUT2D eigenvalue weighted by Crippen LogP contribution is -2.50. The summed E-state index contributed by atoms with van der Waals surface area (Å²) in [6.45, 7) is 4.46. The Morgan fingerprint density at radius 3 is 2.71 bits per heavy atom. The highest BCUT2D eigenvalue weighted by molar-refractivity contribution is 5.85. The zero-order valence-corrected chi connectivity index (χ0v) is 22.9. The molecule has 1 aromatic carbocycles. The maximum Gasteiger partial charge on any atom is 0.315 e. The number of carbonyl (C=O) groups is 2. The Bertz CT molecular complexity index is 1080. The third kappa shape index (κ3) is 6.89. The van der Waals surface area contributed by atoms with E-state index in [1.165, 1.54) is 35.7 Å². The predicted octanol–water partition coefficient (Wildman–Crippen LogP) is 4.03. The van der Waals surface area contributed by atoms with Crippen LogP contribution in [0.1, 0.15) is 63.4 Å². The smallest absolute Gasteiger partial charge is 0.315 e. The van der Waals surface area contributed by atoms with E-state index >= 15 is 0 Å². The number of ether oxygens (including phenoxy) is 1. The molecule has 5 rings (SSSR count). The zero-order valence-electron chi connectivity index (χ0n) is 22.9. The van der Waals surface area contributed by atoms with Gasteiger partial charge in [0.2, 0.25) is 5.91 Å². The van der Waals surface area contributed by atoms with E-state index in [1.54, 1.807) is 7.11 Å². The highest BCUT2D eigenvalue weighted by atomic mass is 16.5. The lowest BCUT2D eigenvalue weighted by molar-refractivity contribution is -0.137. The molecule has 0 radical (unpaired) electrons. The fourth-order valence-electron chi connectivity index (χ4n) is 6.30. The maximum absolute atomic E-state index is 13.8. The van der Waals surface area contributed by atoms with Crippen molar-refractivity contribution >= 4 is 22.8 Å². The molecule has 1 saturated heterocycles. The number of aromatic nitrogens is 1. The number of methoxy groups -OCH3 is 1. The number of hydrogen-bond acceptors (Lipinski definition) is 4. The van der Waals surface area contributed by atoms with Crippen LogP contribution in [-0.4, -0.2) is 66.8 Å². The Kier molecular flexibility index (Phi) is 9.22. The SMILES string of the molecule is COCCCn1cc(CN(C(=O)C2CNC[C@H](CNC(=O)NC3CCCCC3)C2)C2CC2)c2ccccc21. The summed E-state index contributed by atoms with van der Waals surface area (Å²) in [5.41, 5.74) is 2.44. The van der Waals surface area contributed by atoms with E-state index < -0.39 is 0 Å². The molecule has 0 bridgehead atoms. The Balaban J connectivity index is 1.19. The van der Waals surface area contributed by atoms with E-state index in [0.29, 0.717) is 31.7 Å². The minimum Gasteiger partial charge on any atom is -0.385 e. The highest BCUT2D eigenvalue weighted by Gasteiger charge is 2.38. The third-order valence-corrected chi connectivity index (χ3v) is 8.51. The van der Waals surface area contributed by atoms with Crippen LogP contribution in [0.5, 0.6) is 0 Å². The number of hydrogen-bond donors (Lipinski definition) is 3. The summed E-state index contributed by atoms with van der Waals surface area (Å²) in [7, 11) is 1.74. The van der Waals surface area contributed by atoms with E-state index in [0.717, 1.165) is 58.2 Å². The van der Waals surface area contributed by atoms with Crippen molar-refractivity contribution in [1.82, 2.24) is 25.4 Å². The second kappa shape index (κ2) is 13.0. The normalized spacial score (nSPS) is 22.3. The summed E-state index contributed by atoms with van der Waals surface area (Å²) >= 11 is 0. The standard InChI is InChI=1S/C30H45N5O3/c1-38-15-7-14-34-20-24(27-10-5-6-11-28(27)34)21-35(26-12-13-26)29(36)23-16-22(17-31-19-23)18-32-30(37)33-25-8-3-2-4-9-25/h5-6,10-11,20,22-23,25-26,31H,2-4,7-9,12-19,21H2,1H3,(H2,32,33,37)/t22-,23?/m1/s1. The Morgan fingerprint density at radius 1 is 1.11 bits per heavy atom. The van der Waals surface area contributed by atoms with Gasteiger partial charge in [-0.25, -0.2) is 4.79 Å². The summed E-state index contributed by atoms with van der Waals surface area (Å²) in [5.74, 6) is 0.471. The summed E-state index contributed by atoms with van der Waals surface area (Å²) < 4.78 is 7.57.